The van der Waals surface area contributed by atoms with Crippen LogP contribution in [0.5, 0.6) is 5.75 Å². The third-order valence-corrected chi connectivity index (χ3v) is 5.95. The van der Waals surface area contributed by atoms with Gasteiger partial charge in [-0.2, -0.15) is 13.2 Å². The van der Waals surface area contributed by atoms with Crippen molar-refractivity contribution in [2.24, 2.45) is 0 Å². The summed E-state index contributed by atoms with van der Waals surface area (Å²) in [6.07, 6.45) is -4.48. The lowest BCUT2D eigenvalue weighted by molar-refractivity contribution is -0.137. The lowest BCUT2D eigenvalue weighted by atomic mass is 10.2. The normalized spacial score (nSPS) is 11.8. The summed E-state index contributed by atoms with van der Waals surface area (Å²) in [4.78, 5) is 24.0. The molecule has 0 unspecified atom stereocenters. The second-order valence-corrected chi connectivity index (χ2v) is 8.87. The largest absolute Gasteiger partial charge is 0.492 e. The second kappa shape index (κ2) is 10.5. The third kappa shape index (κ3) is 6.95. The summed E-state index contributed by atoms with van der Waals surface area (Å²) in [5, 5.41) is 4.82. The average Bonchev–Trinajstić information content (AvgIpc) is 2.74. The summed E-state index contributed by atoms with van der Waals surface area (Å²) in [7, 11) is -0.987. The number of carbonyl (C=O) groups excluding carboxylic acids is 2. The fourth-order valence-corrected chi connectivity index (χ4v) is 3.40. The van der Waals surface area contributed by atoms with Crippen molar-refractivity contribution < 1.29 is 35.9 Å². The molecular formula is C20H22F3N3O5S. The quantitative estimate of drug-likeness (QED) is 0.541. The molecule has 2 aromatic rings. The van der Waals surface area contributed by atoms with Gasteiger partial charge in [-0.25, -0.2) is 12.7 Å². The van der Waals surface area contributed by atoms with Gasteiger partial charge in [0.25, 0.3) is 5.91 Å². The second-order valence-electron chi connectivity index (χ2n) is 6.72. The molecule has 174 valence electrons. The van der Waals surface area contributed by atoms with Gasteiger partial charge in [-0.1, -0.05) is 12.1 Å². The van der Waals surface area contributed by atoms with Gasteiger partial charge in [0.1, 0.15) is 12.4 Å². The highest BCUT2D eigenvalue weighted by Crippen LogP contribution is 2.31. The standard InChI is InChI=1S/C20H22F3N3O5S/c1-26(2)32(29,30)17-8-3-5-14(11-17)19(28)25-13-18(27)24-9-10-31-16-7-4-6-15(12-16)20(21,22)23/h3-8,11-12H,9-10,13H2,1-2H3,(H,24,27)(H,25,28). The van der Waals surface area contributed by atoms with Gasteiger partial charge >= 0.3 is 6.18 Å². The summed E-state index contributed by atoms with van der Waals surface area (Å²) < 4.78 is 68.5. The van der Waals surface area contributed by atoms with E-state index in [9.17, 15) is 31.2 Å². The molecule has 0 spiro atoms. The predicted molar refractivity (Wildman–Crippen MR) is 110 cm³/mol. The van der Waals surface area contributed by atoms with Crippen LogP contribution in [-0.4, -0.2) is 58.3 Å². The van der Waals surface area contributed by atoms with Gasteiger partial charge in [-0.3, -0.25) is 9.59 Å². The number of halogens is 3. The molecule has 2 amide bonds. The molecule has 0 aliphatic carbocycles. The Morgan fingerprint density at radius 1 is 1.03 bits per heavy atom. The maximum Gasteiger partial charge on any atom is 0.416 e. The molecule has 0 atom stereocenters. The van der Waals surface area contributed by atoms with Crippen LogP contribution < -0.4 is 15.4 Å². The van der Waals surface area contributed by atoms with E-state index in [4.69, 9.17) is 4.74 Å². The maximum absolute atomic E-state index is 12.7. The van der Waals surface area contributed by atoms with E-state index < -0.39 is 33.6 Å². The minimum atomic E-state index is -4.48. The molecule has 0 fully saturated rings. The Balaban J connectivity index is 1.80. The molecule has 32 heavy (non-hydrogen) atoms. The number of nitrogens with one attached hydrogen (secondary N) is 2. The fraction of sp³-hybridized carbons (Fsp3) is 0.300. The topological polar surface area (TPSA) is 105 Å². The van der Waals surface area contributed by atoms with Crippen LogP contribution in [0.4, 0.5) is 13.2 Å². The molecule has 0 aliphatic heterocycles. The molecule has 0 radical (unpaired) electrons. The molecule has 0 aromatic heterocycles. The number of sulfonamides is 1. The fourth-order valence-electron chi connectivity index (χ4n) is 2.46. The molecule has 8 nitrogen and oxygen atoms in total. The van der Waals surface area contributed by atoms with E-state index in [2.05, 4.69) is 10.6 Å². The van der Waals surface area contributed by atoms with E-state index in [1.54, 1.807) is 0 Å². The van der Waals surface area contributed by atoms with Crippen LogP contribution in [-0.2, 0) is 21.0 Å². The number of benzene rings is 2. The molecule has 0 bridgehead atoms. The van der Waals surface area contributed by atoms with Crippen molar-refractivity contribution in [3.63, 3.8) is 0 Å². The van der Waals surface area contributed by atoms with Crippen LogP contribution in [0.1, 0.15) is 15.9 Å². The first-order valence-electron chi connectivity index (χ1n) is 9.29. The van der Waals surface area contributed by atoms with E-state index in [-0.39, 0.29) is 35.9 Å². The first-order chi connectivity index (χ1) is 14.9. The van der Waals surface area contributed by atoms with Crippen LogP contribution in [0.2, 0.25) is 0 Å². The number of nitrogens with zero attached hydrogens (tertiary/aromatic N) is 1. The van der Waals surface area contributed by atoms with E-state index in [1.807, 2.05) is 0 Å². The number of carbonyl (C=O) groups is 2. The Labute approximate surface area is 183 Å². The summed E-state index contributed by atoms with van der Waals surface area (Å²) in [5.41, 5.74) is -0.780. The van der Waals surface area contributed by atoms with E-state index in [0.29, 0.717) is 0 Å². The SMILES string of the molecule is CN(C)S(=O)(=O)c1cccc(C(=O)NCC(=O)NCCOc2cccc(C(F)(F)F)c2)c1. The third-order valence-electron chi connectivity index (χ3n) is 4.14. The van der Waals surface area contributed by atoms with Gasteiger partial charge in [-0.15, -0.1) is 0 Å². The van der Waals surface area contributed by atoms with Gasteiger partial charge in [0.2, 0.25) is 15.9 Å². The summed E-state index contributed by atoms with van der Waals surface area (Å²) in [5.74, 6) is -1.19. The highest BCUT2D eigenvalue weighted by molar-refractivity contribution is 7.89. The molecule has 0 saturated heterocycles. The van der Waals surface area contributed by atoms with Gasteiger partial charge in [0, 0.05) is 19.7 Å². The maximum atomic E-state index is 12.7. The van der Waals surface area contributed by atoms with Crippen molar-refractivity contribution in [2.75, 3.05) is 33.8 Å². The van der Waals surface area contributed by atoms with Gasteiger partial charge in [0.05, 0.1) is 23.5 Å². The predicted octanol–water partition coefficient (Wildman–Crippen LogP) is 1.88. The summed E-state index contributed by atoms with van der Waals surface area (Å²) in [6, 6.07) is 9.72. The van der Waals surface area contributed by atoms with Crippen LogP contribution in [0.3, 0.4) is 0 Å². The lowest BCUT2D eigenvalue weighted by Gasteiger charge is -2.12. The lowest BCUT2D eigenvalue weighted by Crippen LogP contribution is -2.38. The molecule has 2 aromatic carbocycles. The molecule has 2 N–H and O–H groups in total. The first-order valence-corrected chi connectivity index (χ1v) is 10.7. The van der Waals surface area contributed by atoms with Crippen molar-refractivity contribution in [3.8, 4) is 5.75 Å². The smallest absolute Gasteiger partial charge is 0.416 e. The zero-order valence-corrected chi connectivity index (χ0v) is 18.1. The zero-order valence-electron chi connectivity index (χ0n) is 17.3. The minimum Gasteiger partial charge on any atom is -0.492 e. The number of amides is 2. The zero-order chi connectivity index (χ0) is 23.9. The Kier molecular flexibility index (Phi) is 8.22. The van der Waals surface area contributed by atoms with Crippen molar-refractivity contribution in [3.05, 3.63) is 59.7 Å². The molecule has 0 heterocycles. The molecule has 12 heteroatoms. The monoisotopic (exact) mass is 473 g/mol. The molecule has 0 saturated carbocycles. The Hall–Kier alpha value is -3.12. The summed E-state index contributed by atoms with van der Waals surface area (Å²) in [6.45, 7) is -0.458. The first kappa shape index (κ1) is 25.1. The average molecular weight is 473 g/mol. The number of alkyl halides is 3. The number of hydrogen-bond acceptors (Lipinski definition) is 5. The minimum absolute atomic E-state index is 0.00150. The molecule has 0 aliphatic rings. The van der Waals surface area contributed by atoms with Gasteiger partial charge in [0.15, 0.2) is 0 Å². The molecular weight excluding hydrogens is 451 g/mol. The van der Waals surface area contributed by atoms with Crippen molar-refractivity contribution in [1.82, 2.24) is 14.9 Å². The number of hydrogen-bond donors (Lipinski definition) is 2. The Bertz CT molecular complexity index is 1070. The van der Waals surface area contributed by atoms with E-state index >= 15 is 0 Å². The van der Waals surface area contributed by atoms with Gasteiger partial charge in [-0.05, 0) is 36.4 Å². The van der Waals surface area contributed by atoms with Crippen LogP contribution in [0.25, 0.3) is 0 Å². The van der Waals surface area contributed by atoms with Crippen LogP contribution in [0, 0.1) is 0 Å². The highest BCUT2D eigenvalue weighted by atomic mass is 32.2. The van der Waals surface area contributed by atoms with Crippen LogP contribution in [0.15, 0.2) is 53.4 Å². The highest BCUT2D eigenvalue weighted by Gasteiger charge is 2.30. The summed E-state index contributed by atoms with van der Waals surface area (Å²) >= 11 is 0. The van der Waals surface area contributed by atoms with E-state index in [1.165, 1.54) is 50.5 Å². The van der Waals surface area contributed by atoms with Crippen LogP contribution >= 0.6 is 0 Å². The Morgan fingerprint density at radius 3 is 2.38 bits per heavy atom. The van der Waals surface area contributed by atoms with Crippen molar-refractivity contribution in [1.29, 1.82) is 0 Å². The Morgan fingerprint density at radius 2 is 1.72 bits per heavy atom. The van der Waals surface area contributed by atoms with E-state index in [0.717, 1.165) is 16.4 Å². The van der Waals surface area contributed by atoms with Crippen molar-refractivity contribution in [2.45, 2.75) is 11.1 Å². The number of ether oxygens (including phenoxy) is 1. The molecule has 2 rings (SSSR count). The van der Waals surface area contributed by atoms with Gasteiger partial charge < -0.3 is 15.4 Å². The van der Waals surface area contributed by atoms with Crippen molar-refractivity contribution >= 4 is 21.8 Å². The number of rotatable bonds is 9.